The number of methoxy groups -OCH3 is 2. The molecular weight excluding hydrogens is 204 g/mol. The van der Waals surface area contributed by atoms with Gasteiger partial charge in [0.25, 0.3) is 0 Å². The summed E-state index contributed by atoms with van der Waals surface area (Å²) in [5.74, 6) is 0. The van der Waals surface area contributed by atoms with Crippen molar-refractivity contribution in [3.05, 3.63) is 0 Å². The number of nitrogens with zero attached hydrogens (tertiary/aromatic N) is 1. The summed E-state index contributed by atoms with van der Waals surface area (Å²) in [5.41, 5.74) is 5.85. The van der Waals surface area contributed by atoms with Gasteiger partial charge in [0.1, 0.15) is 0 Å². The highest BCUT2D eigenvalue weighted by molar-refractivity contribution is 4.77. The van der Waals surface area contributed by atoms with Gasteiger partial charge in [0.15, 0.2) is 6.29 Å². The van der Waals surface area contributed by atoms with Crippen LogP contribution in [0.15, 0.2) is 0 Å². The molecule has 0 heterocycles. The number of hydrogen-bond donors (Lipinski definition) is 1. The highest BCUT2D eigenvalue weighted by Gasteiger charge is 2.23. The Balaban J connectivity index is 4.42. The van der Waals surface area contributed by atoms with Crippen molar-refractivity contribution in [2.75, 3.05) is 27.3 Å². The fourth-order valence-corrected chi connectivity index (χ4v) is 2.04. The molecule has 4 heteroatoms. The Labute approximate surface area is 100 Å². The van der Waals surface area contributed by atoms with Gasteiger partial charge in [-0.3, -0.25) is 4.90 Å². The van der Waals surface area contributed by atoms with Gasteiger partial charge in [0.2, 0.25) is 0 Å². The predicted octanol–water partition coefficient (Wildman–Crippen LogP) is 1.44. The molecule has 0 spiro atoms. The lowest BCUT2D eigenvalue weighted by Crippen LogP contribution is -2.47. The van der Waals surface area contributed by atoms with Crippen LogP contribution < -0.4 is 5.73 Å². The molecule has 0 aliphatic heterocycles. The minimum atomic E-state index is -0.161. The van der Waals surface area contributed by atoms with Gasteiger partial charge in [0.05, 0.1) is 0 Å². The first kappa shape index (κ1) is 15.8. The van der Waals surface area contributed by atoms with E-state index in [1.165, 1.54) is 0 Å². The van der Waals surface area contributed by atoms with Crippen molar-refractivity contribution in [2.45, 2.75) is 52.0 Å². The molecule has 0 bridgehead atoms. The van der Waals surface area contributed by atoms with Crippen molar-refractivity contribution >= 4 is 0 Å². The fourth-order valence-electron chi connectivity index (χ4n) is 2.04. The highest BCUT2D eigenvalue weighted by Crippen LogP contribution is 2.14. The largest absolute Gasteiger partial charge is 0.356 e. The minimum absolute atomic E-state index is 0.161. The lowest BCUT2D eigenvalue weighted by molar-refractivity contribution is -0.118. The van der Waals surface area contributed by atoms with Crippen molar-refractivity contribution in [1.29, 1.82) is 0 Å². The maximum atomic E-state index is 5.85. The van der Waals surface area contributed by atoms with Gasteiger partial charge in [-0.2, -0.15) is 0 Å². The van der Waals surface area contributed by atoms with Crippen molar-refractivity contribution in [1.82, 2.24) is 4.90 Å². The third-order valence-electron chi connectivity index (χ3n) is 3.25. The molecule has 16 heavy (non-hydrogen) atoms. The van der Waals surface area contributed by atoms with Crippen LogP contribution in [0.2, 0.25) is 0 Å². The Morgan fingerprint density at radius 2 is 1.75 bits per heavy atom. The molecule has 0 aromatic heterocycles. The monoisotopic (exact) mass is 232 g/mol. The second-order valence-electron chi connectivity index (χ2n) is 4.11. The second-order valence-corrected chi connectivity index (χ2v) is 4.11. The van der Waals surface area contributed by atoms with Crippen LogP contribution in [0.25, 0.3) is 0 Å². The van der Waals surface area contributed by atoms with Crippen LogP contribution in [0.1, 0.15) is 33.6 Å². The molecular formula is C12H28N2O2. The van der Waals surface area contributed by atoms with Crippen LogP contribution in [0, 0.1) is 0 Å². The smallest absolute Gasteiger partial charge is 0.158 e. The van der Waals surface area contributed by atoms with Crippen LogP contribution >= 0.6 is 0 Å². The van der Waals surface area contributed by atoms with Crippen molar-refractivity contribution in [3.8, 4) is 0 Å². The Hall–Kier alpha value is -0.160. The summed E-state index contributed by atoms with van der Waals surface area (Å²) in [6.45, 7) is 8.26. The molecule has 4 nitrogen and oxygen atoms in total. The normalized spacial score (nSPS) is 15.8. The summed E-state index contributed by atoms with van der Waals surface area (Å²) in [4.78, 5) is 2.42. The van der Waals surface area contributed by atoms with E-state index in [1.54, 1.807) is 14.2 Å². The first-order chi connectivity index (χ1) is 7.64. The fraction of sp³-hybridized carbons (Fsp3) is 1.00. The van der Waals surface area contributed by atoms with Gasteiger partial charge >= 0.3 is 0 Å². The SMILES string of the molecule is CCC(C)N(CC)C(CN)CC(OC)OC. The molecule has 2 atom stereocenters. The van der Waals surface area contributed by atoms with Gasteiger partial charge in [-0.05, 0) is 19.9 Å². The van der Waals surface area contributed by atoms with E-state index in [2.05, 4.69) is 25.7 Å². The standard InChI is InChI=1S/C12H28N2O2/c1-6-10(3)14(7-2)11(9-13)8-12(15-4)16-5/h10-12H,6-9,13H2,1-5H3. The van der Waals surface area contributed by atoms with Crippen molar-refractivity contribution in [2.24, 2.45) is 5.73 Å². The van der Waals surface area contributed by atoms with Gasteiger partial charge < -0.3 is 15.2 Å². The van der Waals surface area contributed by atoms with E-state index in [4.69, 9.17) is 15.2 Å². The predicted molar refractivity (Wildman–Crippen MR) is 67.4 cm³/mol. The van der Waals surface area contributed by atoms with Gasteiger partial charge in [-0.15, -0.1) is 0 Å². The molecule has 0 amide bonds. The van der Waals surface area contributed by atoms with E-state index >= 15 is 0 Å². The molecule has 0 rings (SSSR count). The maximum absolute atomic E-state index is 5.85. The Bertz CT molecular complexity index is 163. The first-order valence-corrected chi connectivity index (χ1v) is 6.15. The minimum Gasteiger partial charge on any atom is -0.356 e. The zero-order valence-corrected chi connectivity index (χ0v) is 11.4. The molecule has 0 aromatic rings. The molecule has 2 unspecified atom stereocenters. The van der Waals surface area contributed by atoms with E-state index < -0.39 is 0 Å². The molecule has 0 saturated carbocycles. The van der Waals surface area contributed by atoms with Crippen LogP contribution in [0.3, 0.4) is 0 Å². The summed E-state index contributed by atoms with van der Waals surface area (Å²) in [6, 6.07) is 0.873. The summed E-state index contributed by atoms with van der Waals surface area (Å²) in [6.07, 6.45) is 1.79. The molecule has 98 valence electrons. The van der Waals surface area contributed by atoms with E-state index in [0.29, 0.717) is 18.6 Å². The third kappa shape index (κ3) is 4.78. The molecule has 0 radical (unpaired) electrons. The van der Waals surface area contributed by atoms with Crippen molar-refractivity contribution in [3.63, 3.8) is 0 Å². The number of rotatable bonds is 9. The van der Waals surface area contributed by atoms with Crippen LogP contribution in [-0.2, 0) is 9.47 Å². The number of hydrogen-bond acceptors (Lipinski definition) is 4. The third-order valence-corrected chi connectivity index (χ3v) is 3.25. The second kappa shape index (κ2) is 8.93. The zero-order valence-electron chi connectivity index (χ0n) is 11.4. The average molecular weight is 232 g/mol. The summed E-state index contributed by atoms with van der Waals surface area (Å²) >= 11 is 0. The molecule has 0 saturated heterocycles. The zero-order chi connectivity index (χ0) is 12.6. The Morgan fingerprint density at radius 3 is 2.06 bits per heavy atom. The molecule has 0 aromatic carbocycles. The summed E-state index contributed by atoms with van der Waals surface area (Å²) in [5, 5.41) is 0. The van der Waals surface area contributed by atoms with E-state index in [-0.39, 0.29) is 6.29 Å². The van der Waals surface area contributed by atoms with Crippen molar-refractivity contribution < 1.29 is 9.47 Å². The molecule has 0 fully saturated rings. The van der Waals surface area contributed by atoms with Gasteiger partial charge in [-0.1, -0.05) is 13.8 Å². The van der Waals surface area contributed by atoms with Gasteiger partial charge in [-0.25, -0.2) is 0 Å². The Morgan fingerprint density at radius 1 is 1.19 bits per heavy atom. The number of likely N-dealkylation sites (N-methyl/N-ethyl adjacent to an activating group) is 1. The molecule has 0 aliphatic carbocycles. The number of nitrogens with two attached hydrogens (primary N) is 1. The summed E-state index contributed by atoms with van der Waals surface area (Å²) < 4.78 is 10.5. The topological polar surface area (TPSA) is 47.7 Å². The van der Waals surface area contributed by atoms with E-state index in [0.717, 1.165) is 19.4 Å². The maximum Gasteiger partial charge on any atom is 0.158 e. The molecule has 0 aliphatic rings. The van der Waals surface area contributed by atoms with Gasteiger partial charge in [0, 0.05) is 39.3 Å². The van der Waals surface area contributed by atoms with Crippen LogP contribution in [0.4, 0.5) is 0 Å². The molecule has 2 N–H and O–H groups in total. The lowest BCUT2D eigenvalue weighted by Gasteiger charge is -2.36. The summed E-state index contributed by atoms with van der Waals surface area (Å²) in [7, 11) is 3.34. The average Bonchev–Trinajstić information content (AvgIpc) is 2.33. The first-order valence-electron chi connectivity index (χ1n) is 6.15. The lowest BCUT2D eigenvalue weighted by atomic mass is 10.1. The quantitative estimate of drug-likeness (QED) is 0.611. The Kier molecular flexibility index (Phi) is 8.84. The van der Waals surface area contributed by atoms with Crippen LogP contribution in [0.5, 0.6) is 0 Å². The number of ether oxygens (including phenoxy) is 2. The van der Waals surface area contributed by atoms with E-state index in [1.807, 2.05) is 0 Å². The highest BCUT2D eigenvalue weighted by atomic mass is 16.7. The van der Waals surface area contributed by atoms with Crippen LogP contribution in [-0.4, -0.2) is 50.6 Å². The van der Waals surface area contributed by atoms with E-state index in [9.17, 15) is 0 Å².